The lowest BCUT2D eigenvalue weighted by atomic mass is 9.90. The molecule has 0 unspecified atom stereocenters. The molecule has 33 heavy (non-hydrogen) atoms. The highest BCUT2D eigenvalue weighted by molar-refractivity contribution is 7.90. The molecular formula is C24H30N2O6S. The van der Waals surface area contributed by atoms with Crippen LogP contribution in [0.25, 0.3) is 0 Å². The van der Waals surface area contributed by atoms with Crippen LogP contribution in [0.3, 0.4) is 0 Å². The zero-order valence-corrected chi connectivity index (χ0v) is 20.0. The third-order valence-corrected chi connectivity index (χ3v) is 7.14. The molecule has 0 saturated carbocycles. The van der Waals surface area contributed by atoms with Crippen molar-refractivity contribution >= 4 is 27.4 Å². The normalized spacial score (nSPS) is 15.7. The minimum absolute atomic E-state index is 0.0455. The smallest absolute Gasteiger partial charge is 0.337 e. The highest BCUT2D eigenvalue weighted by atomic mass is 32.2. The summed E-state index contributed by atoms with van der Waals surface area (Å²) in [5.41, 5.74) is 1.16. The minimum atomic E-state index is -3.27. The van der Waals surface area contributed by atoms with Gasteiger partial charge in [0.2, 0.25) is 5.91 Å². The Labute approximate surface area is 194 Å². The predicted octanol–water partition coefficient (Wildman–Crippen LogP) is 1.91. The van der Waals surface area contributed by atoms with Crippen LogP contribution < -0.4 is 4.90 Å². The molecule has 8 nitrogen and oxygen atoms in total. The lowest BCUT2D eigenvalue weighted by Crippen LogP contribution is -2.52. The summed E-state index contributed by atoms with van der Waals surface area (Å²) in [6.07, 6.45) is 2.25. The van der Waals surface area contributed by atoms with Crippen molar-refractivity contribution in [2.75, 3.05) is 44.9 Å². The van der Waals surface area contributed by atoms with Gasteiger partial charge in [-0.2, -0.15) is 0 Å². The van der Waals surface area contributed by atoms with Crippen molar-refractivity contribution in [3.63, 3.8) is 0 Å². The zero-order chi connectivity index (χ0) is 24.2. The topological polar surface area (TPSA) is 104 Å². The van der Waals surface area contributed by atoms with Crippen LogP contribution in [-0.2, 0) is 25.8 Å². The molecule has 2 aromatic carbocycles. The Morgan fingerprint density at radius 3 is 2.15 bits per heavy atom. The molecule has 0 spiro atoms. The first-order chi connectivity index (χ1) is 15.5. The van der Waals surface area contributed by atoms with Crippen LogP contribution in [0.15, 0.2) is 53.4 Å². The van der Waals surface area contributed by atoms with Crippen LogP contribution >= 0.6 is 0 Å². The average molecular weight is 475 g/mol. The first-order valence-electron chi connectivity index (χ1n) is 10.7. The number of aliphatic hydroxyl groups is 1. The van der Waals surface area contributed by atoms with Crippen molar-refractivity contribution in [2.24, 2.45) is 0 Å². The fraction of sp³-hybridized carbons (Fsp3) is 0.417. The summed E-state index contributed by atoms with van der Waals surface area (Å²) in [6.45, 7) is 1.30. The number of hydrogen-bond acceptors (Lipinski definition) is 7. The molecule has 0 aliphatic carbocycles. The lowest BCUT2D eigenvalue weighted by Gasteiger charge is -2.40. The number of carbonyl (C=O) groups excluding carboxylic acids is 2. The Hall–Kier alpha value is -2.91. The maximum absolute atomic E-state index is 12.7. The maximum Gasteiger partial charge on any atom is 0.337 e. The number of sulfone groups is 1. The van der Waals surface area contributed by atoms with E-state index in [0.717, 1.165) is 17.5 Å². The molecule has 9 heteroatoms. The number of methoxy groups -OCH3 is 1. The molecule has 1 saturated heterocycles. The number of hydrogen-bond donors (Lipinski definition) is 1. The number of ether oxygens (including phenoxy) is 1. The number of carbonyl (C=O) groups is 2. The van der Waals surface area contributed by atoms with Crippen molar-refractivity contribution in [1.29, 1.82) is 0 Å². The number of anilines is 1. The van der Waals surface area contributed by atoms with Gasteiger partial charge in [0.25, 0.3) is 0 Å². The second-order valence-electron chi connectivity index (χ2n) is 8.59. The molecule has 0 radical (unpaired) electrons. The van der Waals surface area contributed by atoms with E-state index in [4.69, 9.17) is 4.74 Å². The van der Waals surface area contributed by atoms with E-state index >= 15 is 0 Å². The number of nitrogens with zero attached hydrogens (tertiary/aromatic N) is 2. The lowest BCUT2D eigenvalue weighted by molar-refractivity contribution is -0.134. The Morgan fingerprint density at radius 1 is 1.06 bits per heavy atom. The summed E-state index contributed by atoms with van der Waals surface area (Å²) in [5.74, 6) is -0.442. The molecule has 1 fully saturated rings. The number of likely N-dealkylation sites (tertiary alicyclic amines) is 1. The number of likely N-dealkylation sites (N-methyl/N-ethyl adjacent to an activating group) is 1. The first kappa shape index (κ1) is 24.7. The van der Waals surface area contributed by atoms with E-state index in [1.807, 2.05) is 24.1 Å². The number of esters is 1. The van der Waals surface area contributed by atoms with Crippen molar-refractivity contribution in [3.05, 3.63) is 59.7 Å². The highest BCUT2D eigenvalue weighted by Gasteiger charge is 2.35. The zero-order valence-electron chi connectivity index (χ0n) is 19.2. The van der Waals surface area contributed by atoms with Gasteiger partial charge < -0.3 is 19.6 Å². The van der Waals surface area contributed by atoms with E-state index in [9.17, 15) is 23.1 Å². The second-order valence-corrected chi connectivity index (χ2v) is 10.6. The van der Waals surface area contributed by atoms with E-state index in [-0.39, 0.29) is 17.2 Å². The monoisotopic (exact) mass is 474 g/mol. The SMILES string of the molecule is COC(=O)c1ccc(N(C)CC2(O)CCN(C(=O)Cc3ccc(S(C)(=O)=O)cc3)CC2)cc1. The van der Waals surface area contributed by atoms with Crippen LogP contribution in [0.1, 0.15) is 28.8 Å². The van der Waals surface area contributed by atoms with Gasteiger partial charge in [0, 0.05) is 38.6 Å². The molecule has 1 heterocycles. The quantitative estimate of drug-likeness (QED) is 0.611. The van der Waals surface area contributed by atoms with E-state index in [0.29, 0.717) is 38.0 Å². The molecule has 1 aliphatic heterocycles. The number of rotatable bonds is 7. The standard InChI is InChI=1S/C24H30N2O6S/c1-25(20-8-6-19(7-9-20)23(28)32-2)17-24(29)12-14-26(15-13-24)22(27)16-18-4-10-21(11-5-18)33(3,30)31/h4-11,29H,12-17H2,1-3H3. The Kier molecular flexibility index (Phi) is 7.44. The van der Waals surface area contributed by atoms with Crippen molar-refractivity contribution in [2.45, 2.75) is 29.8 Å². The molecule has 0 atom stereocenters. The van der Waals surface area contributed by atoms with Crippen LogP contribution in [0.2, 0.25) is 0 Å². The number of amides is 1. The summed E-state index contributed by atoms with van der Waals surface area (Å²) in [7, 11) is -0.0519. The van der Waals surface area contributed by atoms with Crippen LogP contribution in [0.4, 0.5) is 5.69 Å². The highest BCUT2D eigenvalue weighted by Crippen LogP contribution is 2.26. The first-order valence-corrected chi connectivity index (χ1v) is 12.6. The summed E-state index contributed by atoms with van der Waals surface area (Å²) in [5, 5.41) is 11.1. The molecule has 1 aliphatic rings. The molecule has 2 aromatic rings. The molecule has 1 amide bonds. The summed E-state index contributed by atoms with van der Waals surface area (Å²) >= 11 is 0. The maximum atomic E-state index is 12.7. The third-order valence-electron chi connectivity index (χ3n) is 6.01. The number of benzene rings is 2. The number of piperidine rings is 1. The fourth-order valence-electron chi connectivity index (χ4n) is 3.97. The van der Waals surface area contributed by atoms with Crippen LogP contribution in [0, 0.1) is 0 Å². The van der Waals surface area contributed by atoms with E-state index < -0.39 is 21.4 Å². The largest absolute Gasteiger partial charge is 0.465 e. The second kappa shape index (κ2) is 9.93. The molecule has 1 N–H and O–H groups in total. The van der Waals surface area contributed by atoms with E-state index in [1.54, 1.807) is 29.2 Å². The Morgan fingerprint density at radius 2 is 1.64 bits per heavy atom. The van der Waals surface area contributed by atoms with Gasteiger partial charge in [0.15, 0.2) is 9.84 Å². The van der Waals surface area contributed by atoms with Gasteiger partial charge >= 0.3 is 5.97 Å². The van der Waals surface area contributed by atoms with Gasteiger partial charge in [-0.05, 0) is 54.8 Å². The van der Waals surface area contributed by atoms with Gasteiger partial charge in [-0.3, -0.25) is 4.79 Å². The van der Waals surface area contributed by atoms with Gasteiger partial charge in [-0.1, -0.05) is 12.1 Å². The molecule has 0 bridgehead atoms. The van der Waals surface area contributed by atoms with E-state index in [2.05, 4.69) is 0 Å². The van der Waals surface area contributed by atoms with Gasteiger partial charge in [-0.25, -0.2) is 13.2 Å². The summed E-state index contributed by atoms with van der Waals surface area (Å²) in [6, 6.07) is 13.3. The van der Waals surface area contributed by atoms with Crippen molar-refractivity contribution < 1.29 is 27.9 Å². The Balaban J connectivity index is 1.53. The van der Waals surface area contributed by atoms with E-state index in [1.165, 1.54) is 19.2 Å². The van der Waals surface area contributed by atoms with Crippen LogP contribution in [-0.4, -0.2) is 75.9 Å². The van der Waals surface area contributed by atoms with Crippen LogP contribution in [0.5, 0.6) is 0 Å². The summed E-state index contributed by atoms with van der Waals surface area (Å²) in [4.78, 5) is 28.2. The predicted molar refractivity (Wildman–Crippen MR) is 125 cm³/mol. The van der Waals surface area contributed by atoms with Gasteiger partial charge in [0.05, 0.1) is 29.6 Å². The van der Waals surface area contributed by atoms with Crippen molar-refractivity contribution in [1.82, 2.24) is 4.90 Å². The third kappa shape index (κ3) is 6.33. The fourth-order valence-corrected chi connectivity index (χ4v) is 4.60. The van der Waals surface area contributed by atoms with Gasteiger partial charge in [-0.15, -0.1) is 0 Å². The molecule has 0 aromatic heterocycles. The average Bonchev–Trinajstić information content (AvgIpc) is 2.78. The van der Waals surface area contributed by atoms with Gasteiger partial charge in [0.1, 0.15) is 0 Å². The summed E-state index contributed by atoms with van der Waals surface area (Å²) < 4.78 is 27.9. The minimum Gasteiger partial charge on any atom is -0.465 e. The Bertz CT molecular complexity index is 1090. The molecular weight excluding hydrogens is 444 g/mol. The molecule has 3 rings (SSSR count). The van der Waals surface area contributed by atoms with Crippen molar-refractivity contribution in [3.8, 4) is 0 Å². The molecule has 178 valence electrons.